The number of pyridine rings is 1. The molecule has 1 aromatic heterocycles. The normalized spacial score (nSPS) is 9.74. The molecule has 0 bridgehead atoms. The van der Waals surface area contributed by atoms with Crippen LogP contribution in [-0.4, -0.2) is 12.1 Å². The van der Waals surface area contributed by atoms with Crippen LogP contribution in [0.15, 0.2) is 30.5 Å². The van der Waals surface area contributed by atoms with Crippen LogP contribution in [-0.2, 0) is 0 Å². The Balaban J connectivity index is 2.41. The van der Waals surface area contributed by atoms with Crippen LogP contribution in [0.5, 0.6) is 5.75 Å². The summed E-state index contributed by atoms with van der Waals surface area (Å²) in [6.07, 6.45) is 1.51. The van der Waals surface area contributed by atoms with Crippen molar-refractivity contribution >= 4 is 17.2 Å². The maximum atomic E-state index is 9.09. The van der Waals surface area contributed by atoms with E-state index in [4.69, 9.17) is 15.7 Å². The predicted molar refractivity (Wildman–Crippen MR) is 74.4 cm³/mol. The topological polar surface area (TPSA) is 84.0 Å². The number of aromatic nitrogens is 1. The fourth-order valence-electron chi connectivity index (χ4n) is 1.71. The number of hydrogen-bond donors (Lipinski definition) is 2. The minimum Gasteiger partial charge on any atom is -0.495 e. The van der Waals surface area contributed by atoms with Crippen LogP contribution in [0, 0.1) is 18.3 Å². The Morgan fingerprint density at radius 2 is 2.16 bits per heavy atom. The third-order valence-electron chi connectivity index (χ3n) is 2.64. The van der Waals surface area contributed by atoms with E-state index in [2.05, 4.69) is 16.4 Å². The lowest BCUT2D eigenvalue weighted by molar-refractivity contribution is 0.416. The Morgan fingerprint density at radius 1 is 1.37 bits per heavy atom. The van der Waals surface area contributed by atoms with Gasteiger partial charge in [-0.05, 0) is 30.7 Å². The second kappa shape index (κ2) is 5.27. The van der Waals surface area contributed by atoms with Crippen molar-refractivity contribution < 1.29 is 4.74 Å². The van der Waals surface area contributed by atoms with Crippen molar-refractivity contribution in [3.8, 4) is 11.8 Å². The second-order valence-corrected chi connectivity index (χ2v) is 4.11. The Morgan fingerprint density at radius 3 is 2.84 bits per heavy atom. The van der Waals surface area contributed by atoms with Crippen molar-refractivity contribution in [2.24, 2.45) is 0 Å². The van der Waals surface area contributed by atoms with Gasteiger partial charge in [-0.25, -0.2) is 4.98 Å². The minimum absolute atomic E-state index is 0.392. The molecule has 0 atom stereocenters. The van der Waals surface area contributed by atoms with E-state index in [1.165, 1.54) is 6.20 Å². The van der Waals surface area contributed by atoms with Gasteiger partial charge in [0.25, 0.3) is 0 Å². The molecule has 3 N–H and O–H groups in total. The van der Waals surface area contributed by atoms with Crippen molar-refractivity contribution in [1.82, 2.24) is 4.98 Å². The molecule has 0 aliphatic heterocycles. The zero-order valence-corrected chi connectivity index (χ0v) is 10.8. The first kappa shape index (κ1) is 12.7. The third kappa shape index (κ3) is 2.75. The molecule has 5 heteroatoms. The van der Waals surface area contributed by atoms with Gasteiger partial charge in [-0.2, -0.15) is 5.26 Å². The van der Waals surface area contributed by atoms with Gasteiger partial charge in [-0.3, -0.25) is 0 Å². The standard InChI is InChI=1S/C14H14N4O/c1-9-3-4-13(19-2)12(5-9)18-14-10(7-15)6-11(16)8-17-14/h3-6,8H,16H2,1-2H3,(H,17,18). The first-order chi connectivity index (χ1) is 9.13. The Hall–Kier alpha value is -2.74. The van der Waals surface area contributed by atoms with Crippen LogP contribution in [0.2, 0.25) is 0 Å². The zero-order valence-electron chi connectivity index (χ0n) is 10.8. The van der Waals surface area contributed by atoms with Crippen LogP contribution in [0.1, 0.15) is 11.1 Å². The van der Waals surface area contributed by atoms with Gasteiger partial charge in [-0.1, -0.05) is 6.07 Å². The number of nitrogens with zero attached hydrogens (tertiary/aromatic N) is 2. The maximum absolute atomic E-state index is 9.09. The summed E-state index contributed by atoms with van der Waals surface area (Å²) in [6, 6.07) is 9.38. The number of nitrogens with one attached hydrogen (secondary N) is 1. The molecule has 0 fully saturated rings. The molecule has 19 heavy (non-hydrogen) atoms. The van der Waals surface area contributed by atoms with E-state index in [-0.39, 0.29) is 0 Å². The van der Waals surface area contributed by atoms with E-state index in [9.17, 15) is 0 Å². The Bertz CT molecular complexity index is 646. The number of hydrogen-bond acceptors (Lipinski definition) is 5. The van der Waals surface area contributed by atoms with Gasteiger partial charge >= 0.3 is 0 Å². The van der Waals surface area contributed by atoms with Gasteiger partial charge in [-0.15, -0.1) is 0 Å². The van der Waals surface area contributed by atoms with Crippen LogP contribution in [0.3, 0.4) is 0 Å². The van der Waals surface area contributed by atoms with Gasteiger partial charge in [0.2, 0.25) is 0 Å². The van der Waals surface area contributed by atoms with E-state index in [1.807, 2.05) is 25.1 Å². The molecule has 1 heterocycles. The van der Waals surface area contributed by atoms with Gasteiger partial charge in [0.1, 0.15) is 17.6 Å². The SMILES string of the molecule is COc1ccc(C)cc1Nc1ncc(N)cc1C#N. The predicted octanol–water partition coefficient (Wildman–Crippen LogP) is 2.60. The van der Waals surface area contributed by atoms with Crippen molar-refractivity contribution in [2.45, 2.75) is 6.92 Å². The number of nitriles is 1. The number of aryl methyl sites for hydroxylation is 1. The lowest BCUT2D eigenvalue weighted by atomic mass is 10.2. The molecule has 0 radical (unpaired) electrons. The number of rotatable bonds is 3. The fourth-order valence-corrected chi connectivity index (χ4v) is 1.71. The molecule has 0 spiro atoms. The number of nitrogens with two attached hydrogens (primary N) is 1. The summed E-state index contributed by atoms with van der Waals surface area (Å²) < 4.78 is 5.27. The van der Waals surface area contributed by atoms with Crippen molar-refractivity contribution in [2.75, 3.05) is 18.2 Å². The average molecular weight is 254 g/mol. The number of benzene rings is 1. The highest BCUT2D eigenvalue weighted by Gasteiger charge is 2.08. The fraction of sp³-hybridized carbons (Fsp3) is 0.143. The number of nitrogen functional groups attached to an aromatic ring is 1. The van der Waals surface area contributed by atoms with E-state index in [0.29, 0.717) is 22.8 Å². The van der Waals surface area contributed by atoms with Crippen LogP contribution >= 0.6 is 0 Å². The van der Waals surface area contributed by atoms with Crippen molar-refractivity contribution in [3.63, 3.8) is 0 Å². The Kier molecular flexibility index (Phi) is 3.53. The summed E-state index contributed by atoms with van der Waals surface area (Å²) in [5.74, 6) is 1.15. The molecular weight excluding hydrogens is 240 g/mol. The summed E-state index contributed by atoms with van der Waals surface area (Å²) in [4.78, 5) is 4.14. The molecule has 0 saturated heterocycles. The molecule has 0 aliphatic carbocycles. The number of anilines is 3. The molecule has 2 aromatic rings. The van der Waals surface area contributed by atoms with Gasteiger partial charge in [0, 0.05) is 0 Å². The van der Waals surface area contributed by atoms with Crippen LogP contribution < -0.4 is 15.8 Å². The average Bonchev–Trinajstić information content (AvgIpc) is 2.41. The minimum atomic E-state index is 0.392. The van der Waals surface area contributed by atoms with Crippen LogP contribution in [0.4, 0.5) is 17.2 Å². The zero-order chi connectivity index (χ0) is 13.8. The molecular formula is C14H14N4O. The van der Waals surface area contributed by atoms with E-state index >= 15 is 0 Å². The molecule has 2 rings (SSSR count). The van der Waals surface area contributed by atoms with Gasteiger partial charge in [0.05, 0.1) is 30.2 Å². The highest BCUT2D eigenvalue weighted by atomic mass is 16.5. The number of methoxy groups -OCH3 is 1. The molecule has 5 nitrogen and oxygen atoms in total. The summed E-state index contributed by atoms with van der Waals surface area (Å²) in [5, 5.41) is 12.2. The highest BCUT2D eigenvalue weighted by Crippen LogP contribution is 2.29. The summed E-state index contributed by atoms with van der Waals surface area (Å²) in [6.45, 7) is 1.98. The van der Waals surface area contributed by atoms with Crippen molar-refractivity contribution in [1.29, 1.82) is 5.26 Å². The van der Waals surface area contributed by atoms with Crippen LogP contribution in [0.25, 0.3) is 0 Å². The van der Waals surface area contributed by atoms with Gasteiger partial charge in [0.15, 0.2) is 0 Å². The smallest absolute Gasteiger partial charge is 0.148 e. The molecule has 0 saturated carbocycles. The summed E-state index contributed by atoms with van der Waals surface area (Å²) in [5.41, 5.74) is 8.30. The third-order valence-corrected chi connectivity index (χ3v) is 2.64. The number of ether oxygens (including phenoxy) is 1. The second-order valence-electron chi connectivity index (χ2n) is 4.11. The monoisotopic (exact) mass is 254 g/mol. The van der Waals surface area contributed by atoms with Gasteiger partial charge < -0.3 is 15.8 Å². The lowest BCUT2D eigenvalue weighted by Gasteiger charge is -2.12. The lowest BCUT2D eigenvalue weighted by Crippen LogP contribution is -2.00. The van der Waals surface area contributed by atoms with Crippen molar-refractivity contribution in [3.05, 3.63) is 41.6 Å². The maximum Gasteiger partial charge on any atom is 0.148 e. The largest absolute Gasteiger partial charge is 0.495 e. The van der Waals surface area contributed by atoms with E-state index < -0.39 is 0 Å². The first-order valence-electron chi connectivity index (χ1n) is 5.71. The first-order valence-corrected chi connectivity index (χ1v) is 5.71. The van der Waals surface area contributed by atoms with E-state index in [1.54, 1.807) is 13.2 Å². The molecule has 0 unspecified atom stereocenters. The molecule has 0 amide bonds. The highest BCUT2D eigenvalue weighted by molar-refractivity contribution is 5.69. The molecule has 1 aromatic carbocycles. The molecule has 96 valence electrons. The summed E-state index contributed by atoms with van der Waals surface area (Å²) >= 11 is 0. The molecule has 0 aliphatic rings. The quantitative estimate of drug-likeness (QED) is 0.879. The Labute approximate surface area is 111 Å². The summed E-state index contributed by atoms with van der Waals surface area (Å²) in [7, 11) is 1.59. The van der Waals surface area contributed by atoms with E-state index in [0.717, 1.165) is 11.3 Å².